The lowest BCUT2D eigenvalue weighted by Crippen LogP contribution is -2.19. The zero-order chi connectivity index (χ0) is 22.8. The maximum atomic E-state index is 12.3. The number of amidine groups is 1. The Morgan fingerprint density at radius 2 is 2.00 bits per heavy atom. The third-order valence-corrected chi connectivity index (χ3v) is 5.56. The van der Waals surface area contributed by atoms with Gasteiger partial charge in [0.05, 0.1) is 26.1 Å². The van der Waals surface area contributed by atoms with E-state index in [-0.39, 0.29) is 27.1 Å². The van der Waals surface area contributed by atoms with E-state index in [1.807, 2.05) is 0 Å². The predicted octanol–water partition coefficient (Wildman–Crippen LogP) is 5.10. The number of carbonyl (C=O) groups excluding carboxylic acids is 1. The lowest BCUT2D eigenvalue weighted by molar-refractivity contribution is -0.384. The molecule has 0 spiro atoms. The molecule has 1 aliphatic heterocycles. The van der Waals surface area contributed by atoms with Gasteiger partial charge in [-0.05, 0) is 42.1 Å². The van der Waals surface area contributed by atoms with Crippen LogP contribution in [0.4, 0.5) is 11.4 Å². The van der Waals surface area contributed by atoms with E-state index < -0.39 is 16.8 Å². The summed E-state index contributed by atoms with van der Waals surface area (Å²) < 4.78 is 5.72. The second-order valence-electron chi connectivity index (χ2n) is 6.43. The third kappa shape index (κ3) is 4.41. The summed E-state index contributed by atoms with van der Waals surface area (Å²) >= 11 is 7.17. The molecule has 3 aromatic rings. The highest BCUT2D eigenvalue weighted by Crippen LogP contribution is 2.34. The number of para-hydroxylation sites is 1. The van der Waals surface area contributed by atoms with Gasteiger partial charge in [0.2, 0.25) is 0 Å². The van der Waals surface area contributed by atoms with Crippen LogP contribution >= 0.6 is 23.4 Å². The number of carbonyl (C=O) groups is 2. The number of furan rings is 1. The molecule has 0 saturated carbocycles. The summed E-state index contributed by atoms with van der Waals surface area (Å²) in [5, 5.41) is 23.1. The minimum Gasteiger partial charge on any atom is -0.478 e. The van der Waals surface area contributed by atoms with Gasteiger partial charge >= 0.3 is 5.97 Å². The Balaban J connectivity index is 1.57. The normalized spacial score (nSPS) is 15.8. The maximum Gasteiger partial charge on any atom is 0.337 e. The lowest BCUT2D eigenvalue weighted by Gasteiger charge is -2.01. The van der Waals surface area contributed by atoms with Crippen LogP contribution < -0.4 is 5.32 Å². The summed E-state index contributed by atoms with van der Waals surface area (Å²) in [5.41, 5.74) is 0.570. The average molecular weight is 470 g/mol. The molecule has 2 aromatic carbocycles. The fraction of sp³-hybridized carbons (Fsp3) is 0. The highest BCUT2D eigenvalue weighted by molar-refractivity contribution is 8.18. The summed E-state index contributed by atoms with van der Waals surface area (Å²) in [7, 11) is 0. The fourth-order valence-electron chi connectivity index (χ4n) is 2.86. The largest absolute Gasteiger partial charge is 0.478 e. The fourth-order valence-corrected chi connectivity index (χ4v) is 3.95. The van der Waals surface area contributed by atoms with E-state index in [9.17, 15) is 24.8 Å². The van der Waals surface area contributed by atoms with Gasteiger partial charge < -0.3 is 14.8 Å². The van der Waals surface area contributed by atoms with E-state index in [0.29, 0.717) is 22.0 Å². The smallest absolute Gasteiger partial charge is 0.337 e. The summed E-state index contributed by atoms with van der Waals surface area (Å²) in [6, 6.07) is 13.5. The molecular formula is C21H12ClN3O6S. The number of carboxylic acids is 1. The van der Waals surface area contributed by atoms with Crippen LogP contribution in [-0.4, -0.2) is 27.1 Å². The Labute approximate surface area is 189 Å². The number of nitro benzene ring substituents is 1. The Morgan fingerprint density at radius 1 is 1.22 bits per heavy atom. The molecule has 0 aliphatic carbocycles. The zero-order valence-corrected chi connectivity index (χ0v) is 17.5. The highest BCUT2D eigenvalue weighted by Gasteiger charge is 2.25. The number of non-ortho nitro benzene ring substituents is 1. The molecule has 1 amide bonds. The highest BCUT2D eigenvalue weighted by atomic mass is 35.5. The number of aromatic carboxylic acids is 1. The van der Waals surface area contributed by atoms with Crippen LogP contribution in [0.2, 0.25) is 5.02 Å². The lowest BCUT2D eigenvalue weighted by atomic mass is 10.1. The molecule has 1 fully saturated rings. The molecule has 0 atom stereocenters. The molecule has 0 unspecified atom stereocenters. The Hall–Kier alpha value is -3.89. The van der Waals surface area contributed by atoms with Gasteiger partial charge in [-0.2, -0.15) is 0 Å². The molecule has 1 aliphatic rings. The number of hydrogen-bond acceptors (Lipinski definition) is 7. The first-order valence-corrected chi connectivity index (χ1v) is 10.2. The topological polar surface area (TPSA) is 135 Å². The first-order chi connectivity index (χ1) is 15.3. The molecular weight excluding hydrogens is 458 g/mol. The second kappa shape index (κ2) is 8.69. The summed E-state index contributed by atoms with van der Waals surface area (Å²) in [5.74, 6) is -0.792. The van der Waals surface area contributed by atoms with Gasteiger partial charge in [0.25, 0.3) is 11.6 Å². The van der Waals surface area contributed by atoms with Gasteiger partial charge in [0, 0.05) is 23.8 Å². The Morgan fingerprint density at radius 3 is 2.72 bits per heavy atom. The standard InChI is InChI=1S/C21H12ClN3O6S/c22-15-9-11(25(29)30)5-7-13(15)17-8-6-12(31-17)10-18-19(26)24-21(32-18)23-16-4-2-1-3-14(16)20(27)28/h1-10H,(H,27,28)(H,23,24,26). The van der Waals surface area contributed by atoms with Gasteiger partial charge in [-0.25, -0.2) is 9.79 Å². The molecule has 11 heteroatoms. The van der Waals surface area contributed by atoms with Crippen LogP contribution in [-0.2, 0) is 4.79 Å². The molecule has 4 rings (SSSR count). The number of halogens is 1. The number of hydrogen-bond donors (Lipinski definition) is 2. The van der Waals surface area contributed by atoms with Gasteiger partial charge in [-0.15, -0.1) is 0 Å². The van der Waals surface area contributed by atoms with E-state index in [0.717, 1.165) is 11.8 Å². The SMILES string of the molecule is O=C1NC(=Nc2ccccc2C(=O)O)SC1=Cc1ccc(-c2ccc([N+](=O)[O-])cc2Cl)o1. The average Bonchev–Trinajstić information content (AvgIpc) is 3.34. The van der Waals surface area contributed by atoms with Crippen LogP contribution in [0.15, 0.2) is 68.9 Å². The first kappa shape index (κ1) is 21.3. The number of carboxylic acid groups (broad SMARTS) is 1. The minimum atomic E-state index is -1.12. The van der Waals surface area contributed by atoms with Crippen molar-refractivity contribution in [1.29, 1.82) is 0 Å². The van der Waals surface area contributed by atoms with Crippen LogP contribution in [0.1, 0.15) is 16.1 Å². The molecule has 0 radical (unpaired) electrons. The quantitative estimate of drug-likeness (QED) is 0.301. The summed E-state index contributed by atoms with van der Waals surface area (Å²) in [4.78, 5) is 38.5. The number of benzene rings is 2. The van der Waals surface area contributed by atoms with Crippen molar-refractivity contribution in [1.82, 2.24) is 5.32 Å². The number of thioether (sulfide) groups is 1. The Bertz CT molecular complexity index is 1330. The number of amides is 1. The minimum absolute atomic E-state index is 0.0166. The zero-order valence-electron chi connectivity index (χ0n) is 15.9. The molecule has 160 valence electrons. The van der Waals surface area contributed by atoms with Crippen molar-refractivity contribution < 1.29 is 24.0 Å². The van der Waals surface area contributed by atoms with Crippen molar-refractivity contribution in [2.45, 2.75) is 0 Å². The molecule has 2 N–H and O–H groups in total. The van der Waals surface area contributed by atoms with E-state index in [1.165, 1.54) is 36.4 Å². The van der Waals surface area contributed by atoms with Crippen molar-refractivity contribution in [3.63, 3.8) is 0 Å². The van der Waals surface area contributed by atoms with Gasteiger partial charge in [-0.1, -0.05) is 23.7 Å². The van der Waals surface area contributed by atoms with Crippen LogP contribution in [0.5, 0.6) is 0 Å². The number of nitrogens with zero attached hydrogens (tertiary/aromatic N) is 2. The number of aliphatic imine (C=N–C) groups is 1. The molecule has 0 bridgehead atoms. The van der Waals surface area contributed by atoms with Crippen molar-refractivity contribution in [2.24, 2.45) is 4.99 Å². The molecule has 32 heavy (non-hydrogen) atoms. The van der Waals surface area contributed by atoms with Crippen LogP contribution in [0.25, 0.3) is 17.4 Å². The van der Waals surface area contributed by atoms with Gasteiger partial charge in [0.15, 0.2) is 5.17 Å². The first-order valence-electron chi connectivity index (χ1n) is 8.98. The molecule has 9 nitrogen and oxygen atoms in total. The van der Waals surface area contributed by atoms with Crippen molar-refractivity contribution in [3.05, 3.63) is 86.0 Å². The number of nitro groups is 1. The van der Waals surface area contributed by atoms with Crippen LogP contribution in [0, 0.1) is 10.1 Å². The number of rotatable bonds is 5. The predicted molar refractivity (Wildman–Crippen MR) is 120 cm³/mol. The van der Waals surface area contributed by atoms with E-state index in [1.54, 1.807) is 24.3 Å². The third-order valence-electron chi connectivity index (χ3n) is 4.34. The number of nitrogens with one attached hydrogen (secondary N) is 1. The van der Waals surface area contributed by atoms with Crippen molar-refractivity contribution >= 4 is 57.9 Å². The van der Waals surface area contributed by atoms with Crippen molar-refractivity contribution in [3.8, 4) is 11.3 Å². The molecule has 1 aromatic heterocycles. The second-order valence-corrected chi connectivity index (χ2v) is 7.87. The van der Waals surface area contributed by atoms with E-state index >= 15 is 0 Å². The maximum absolute atomic E-state index is 12.3. The molecule has 1 saturated heterocycles. The van der Waals surface area contributed by atoms with E-state index in [2.05, 4.69) is 10.3 Å². The Kier molecular flexibility index (Phi) is 5.80. The van der Waals surface area contributed by atoms with Crippen molar-refractivity contribution in [2.75, 3.05) is 0 Å². The van der Waals surface area contributed by atoms with Gasteiger partial charge in [0.1, 0.15) is 11.5 Å². The summed E-state index contributed by atoms with van der Waals surface area (Å²) in [6.07, 6.45) is 1.51. The van der Waals surface area contributed by atoms with Crippen LogP contribution in [0.3, 0.4) is 0 Å². The van der Waals surface area contributed by atoms with Gasteiger partial charge in [-0.3, -0.25) is 14.9 Å². The monoisotopic (exact) mass is 469 g/mol. The van der Waals surface area contributed by atoms with E-state index in [4.69, 9.17) is 16.0 Å². The molecule has 2 heterocycles. The summed E-state index contributed by atoms with van der Waals surface area (Å²) in [6.45, 7) is 0.